The van der Waals surface area contributed by atoms with Gasteiger partial charge in [0, 0.05) is 11.8 Å². The van der Waals surface area contributed by atoms with Crippen LogP contribution in [0.4, 0.5) is 0 Å². The lowest BCUT2D eigenvalue weighted by molar-refractivity contribution is 0.764. The van der Waals surface area contributed by atoms with Gasteiger partial charge in [-0.1, -0.05) is 43.7 Å². The van der Waals surface area contributed by atoms with E-state index in [9.17, 15) is 0 Å². The Labute approximate surface area is 194 Å². The molecule has 1 heterocycles. The third-order valence-corrected chi connectivity index (χ3v) is 10.2. The number of hydrogen-bond acceptors (Lipinski definition) is 1. The van der Waals surface area contributed by atoms with Gasteiger partial charge in [-0.25, -0.2) is 0 Å². The van der Waals surface area contributed by atoms with Crippen molar-refractivity contribution in [3.05, 3.63) is 53.2 Å². The normalized spacial score (nSPS) is 15.1. The maximum absolute atomic E-state index is 6.75. The lowest BCUT2D eigenvalue weighted by Gasteiger charge is -2.52. The largest absolute Gasteiger partial charge is 0.256 e. The average Bonchev–Trinajstić information content (AvgIpc) is 2.58. The van der Waals surface area contributed by atoms with E-state index in [2.05, 4.69) is 37.5 Å². The van der Waals surface area contributed by atoms with Gasteiger partial charge >= 0.3 is 0 Å². The lowest BCUT2D eigenvalue weighted by atomic mass is 9.58. The molecule has 0 unspecified atom stereocenters. The smallest absolute Gasteiger partial charge is 0.0805 e. The van der Waals surface area contributed by atoms with E-state index in [0.29, 0.717) is 5.56 Å². The highest BCUT2D eigenvalue weighted by Crippen LogP contribution is 2.58. The van der Waals surface area contributed by atoms with Crippen LogP contribution in [0.1, 0.15) is 30.5 Å². The summed E-state index contributed by atoms with van der Waals surface area (Å²) in [5.41, 5.74) is 4.25. The molecule has 0 atom stereocenters. The summed E-state index contributed by atoms with van der Waals surface area (Å²) in [4.78, 5) is 4.70. The van der Waals surface area contributed by atoms with Gasteiger partial charge < -0.3 is 0 Å². The molecule has 0 aliphatic rings. The van der Waals surface area contributed by atoms with Crippen LogP contribution < -0.4 is 0 Å². The highest BCUT2D eigenvalue weighted by Gasteiger charge is 2.38. The predicted octanol–water partition coefficient (Wildman–Crippen LogP) is 3.43. The van der Waals surface area contributed by atoms with Crippen LogP contribution in [0.25, 0.3) is 11.3 Å². The minimum Gasteiger partial charge on any atom is -0.256 e. The lowest BCUT2D eigenvalue weighted by Crippen LogP contribution is -2.40. The van der Waals surface area contributed by atoms with Gasteiger partial charge in [0.25, 0.3) is 0 Å². The molecule has 8 heteroatoms. The highest BCUT2D eigenvalue weighted by atomic mass is 32.3. The van der Waals surface area contributed by atoms with Gasteiger partial charge in [0.15, 0.2) is 0 Å². The Hall–Kier alpha value is -0.605. The summed E-state index contributed by atoms with van der Waals surface area (Å²) in [5, 5.41) is -0.408. The molecule has 1 nitrogen and oxygen atoms in total. The average molecular weight is 427 g/mol. The number of pyridine rings is 1. The van der Waals surface area contributed by atoms with Crippen molar-refractivity contribution in [2.75, 3.05) is 37.5 Å². The van der Waals surface area contributed by atoms with Crippen LogP contribution in [0.15, 0.2) is 36.5 Å². The Morgan fingerprint density at radius 2 is 1.13 bits per heavy atom. The van der Waals surface area contributed by atoms with Crippen molar-refractivity contribution in [2.24, 2.45) is 0 Å². The van der Waals surface area contributed by atoms with Crippen molar-refractivity contribution < 1.29 is 0 Å². The third-order valence-electron chi connectivity index (χ3n) is 5.70. The Kier molecular flexibility index (Phi) is 6.90. The molecule has 0 N–H and O–H groups in total. The topological polar surface area (TPSA) is 12.9 Å². The summed E-state index contributed by atoms with van der Waals surface area (Å²) in [5.74, 6) is 0. The fourth-order valence-corrected chi connectivity index (χ4v) is 4.63. The van der Waals surface area contributed by atoms with E-state index in [4.69, 9.17) is 44.2 Å². The molecule has 0 bridgehead atoms. The van der Waals surface area contributed by atoms with Crippen molar-refractivity contribution in [1.82, 2.24) is 4.98 Å². The van der Waals surface area contributed by atoms with Crippen molar-refractivity contribution in [2.45, 2.75) is 28.3 Å². The van der Waals surface area contributed by atoms with E-state index in [1.807, 2.05) is 44.2 Å². The minimum absolute atomic E-state index is 0.408. The molecule has 150 valence electrons. The van der Waals surface area contributed by atoms with E-state index < -0.39 is 34.5 Å². The van der Waals surface area contributed by atoms with Crippen LogP contribution >= 0.6 is 20.1 Å². The van der Waals surface area contributed by atoms with Crippen LogP contribution in [0, 0.1) is 0 Å². The van der Waals surface area contributed by atoms with E-state index in [-0.39, 0.29) is 0 Å². The summed E-state index contributed by atoms with van der Waals surface area (Å²) < 4.78 is -2.15. The summed E-state index contributed by atoms with van der Waals surface area (Å²) >= 11 is 0. The monoisotopic (exact) mass is 427 g/mol. The minimum atomic E-state index is -1.40. The summed E-state index contributed by atoms with van der Waals surface area (Å²) in [6, 6.07) is 10.0. The Morgan fingerprint density at radius 1 is 0.700 bits per heavy atom. The fourth-order valence-electron chi connectivity index (χ4n) is 2.98. The molecule has 2 rings (SSSR count). The molecular formula is C22H30B5NS2. The van der Waals surface area contributed by atoms with Crippen molar-refractivity contribution in [1.29, 1.82) is 0 Å². The summed E-state index contributed by atoms with van der Waals surface area (Å²) in [6.45, 7) is 3.96. The van der Waals surface area contributed by atoms with E-state index in [0.717, 1.165) is 22.4 Å². The highest BCUT2D eigenvalue weighted by molar-refractivity contribution is 8.34. The van der Waals surface area contributed by atoms with Crippen molar-refractivity contribution in [3.8, 4) is 11.3 Å². The zero-order valence-electron chi connectivity index (χ0n) is 19.6. The molecule has 0 amide bonds. The first-order valence-corrected chi connectivity index (χ1v) is 15.4. The quantitative estimate of drug-likeness (QED) is 0.645. The molecule has 0 spiro atoms. The fraction of sp³-hybridized carbons (Fsp3) is 0.500. The molecule has 30 heavy (non-hydrogen) atoms. The molecule has 0 aliphatic heterocycles. The van der Waals surface area contributed by atoms with Gasteiger partial charge in [-0.15, -0.1) is 0 Å². The van der Waals surface area contributed by atoms with Gasteiger partial charge in [0.05, 0.1) is 44.9 Å². The van der Waals surface area contributed by atoms with Crippen LogP contribution in [0.5, 0.6) is 0 Å². The zero-order chi connectivity index (χ0) is 23.3. The molecule has 0 fully saturated rings. The number of aromatic nitrogens is 1. The maximum Gasteiger partial charge on any atom is 0.0805 e. The number of hydrogen-bond donors (Lipinski definition) is 0. The molecule has 10 radical (unpaired) electrons. The van der Waals surface area contributed by atoms with Gasteiger partial charge in [-0.3, -0.25) is 25.0 Å². The first-order valence-electron chi connectivity index (χ1n) is 9.72. The maximum atomic E-state index is 6.75. The molecule has 0 saturated heterocycles. The van der Waals surface area contributed by atoms with Gasteiger partial charge in [0.1, 0.15) is 0 Å². The zero-order valence-corrected chi connectivity index (χ0v) is 21.2. The predicted molar refractivity (Wildman–Crippen MR) is 146 cm³/mol. The van der Waals surface area contributed by atoms with Crippen LogP contribution in [0.3, 0.4) is 0 Å². The molecule has 2 aromatic rings. The van der Waals surface area contributed by atoms with Crippen molar-refractivity contribution >= 4 is 59.3 Å². The van der Waals surface area contributed by atoms with Gasteiger partial charge in [-0.2, -0.15) is 0 Å². The van der Waals surface area contributed by atoms with E-state index in [1.165, 1.54) is 0 Å². The first-order chi connectivity index (χ1) is 13.3. The molecule has 0 aliphatic carbocycles. The summed E-state index contributed by atoms with van der Waals surface area (Å²) in [6.07, 6.45) is 14.3. The second-order valence-electron chi connectivity index (χ2n) is 10.2. The molecule has 0 saturated carbocycles. The second-order valence-corrected chi connectivity index (χ2v) is 18.9. The Balaban J connectivity index is 2.73. The third kappa shape index (κ3) is 4.90. The molecular weight excluding hydrogens is 396 g/mol. The second kappa shape index (κ2) is 8.07. The summed E-state index contributed by atoms with van der Waals surface area (Å²) in [7, 11) is 30.3. The Morgan fingerprint density at radius 3 is 1.53 bits per heavy atom. The van der Waals surface area contributed by atoms with Crippen LogP contribution in [0.2, 0.25) is 0 Å². The van der Waals surface area contributed by atoms with E-state index >= 15 is 0 Å². The number of rotatable bonds is 6. The van der Waals surface area contributed by atoms with Crippen molar-refractivity contribution in [3.63, 3.8) is 0 Å². The molecule has 1 aromatic heterocycles. The molecule has 1 aromatic carbocycles. The van der Waals surface area contributed by atoms with Crippen LogP contribution in [-0.4, -0.2) is 81.7 Å². The SMILES string of the molecule is [B]C(C)(C)c1ccc(-c2cc(C([B])([B])S(C)(C)C)c(C([B])([B])S(C)(C)C)cn2)cc1. The van der Waals surface area contributed by atoms with Crippen LogP contribution in [-0.2, 0) is 14.4 Å². The van der Waals surface area contributed by atoms with Gasteiger partial charge in [-0.05, 0) is 69.1 Å². The Bertz CT molecular complexity index is 905. The standard InChI is InChI=1S/C22H30B5NS2/c1-20(2,23)16-11-9-15(10-12-16)19-13-17(21(24,25)29(3,4)5)18(14-28-19)22(26,27)30(6,7)8/h9-14H,1-8H3. The number of benzene rings is 1. The number of nitrogens with zero attached hydrogens (tertiary/aromatic N) is 1. The first kappa shape index (κ1) is 25.7. The van der Waals surface area contributed by atoms with E-state index in [1.54, 1.807) is 6.20 Å². The van der Waals surface area contributed by atoms with Gasteiger partial charge in [0.2, 0.25) is 0 Å².